The number of aromatic hydroxyl groups is 1. The van der Waals surface area contributed by atoms with Crippen molar-refractivity contribution in [3.05, 3.63) is 47.9 Å². The average molecular weight is 275 g/mol. The van der Waals surface area contributed by atoms with Crippen LogP contribution < -0.4 is 10.1 Å². The normalized spacial score (nSPS) is 12.3. The predicted molar refractivity (Wildman–Crippen MR) is 78.0 cm³/mol. The van der Waals surface area contributed by atoms with E-state index in [4.69, 9.17) is 9.15 Å². The molecule has 4 heteroatoms. The van der Waals surface area contributed by atoms with E-state index in [0.717, 1.165) is 30.7 Å². The molecule has 0 saturated heterocycles. The Morgan fingerprint density at radius 3 is 2.85 bits per heavy atom. The molecule has 0 bridgehead atoms. The third-order valence-electron chi connectivity index (χ3n) is 3.30. The lowest BCUT2D eigenvalue weighted by Gasteiger charge is -2.13. The number of ether oxygens (including phenoxy) is 1. The Bertz CT molecular complexity index is 523. The lowest BCUT2D eigenvalue weighted by molar-refractivity contribution is 0.372. The zero-order valence-corrected chi connectivity index (χ0v) is 11.9. The summed E-state index contributed by atoms with van der Waals surface area (Å²) in [6, 6.07) is 9.74. The van der Waals surface area contributed by atoms with Crippen molar-refractivity contribution < 1.29 is 14.3 Å². The molecule has 0 aliphatic rings. The van der Waals surface area contributed by atoms with Crippen LogP contribution in [0, 0.1) is 0 Å². The van der Waals surface area contributed by atoms with Crippen LogP contribution in [0.3, 0.4) is 0 Å². The Morgan fingerprint density at radius 2 is 2.20 bits per heavy atom. The first-order chi connectivity index (χ1) is 9.69. The van der Waals surface area contributed by atoms with E-state index in [1.165, 1.54) is 0 Å². The molecule has 108 valence electrons. The first kappa shape index (κ1) is 14.5. The van der Waals surface area contributed by atoms with Gasteiger partial charge in [0.2, 0.25) is 0 Å². The molecule has 1 heterocycles. The molecule has 20 heavy (non-hydrogen) atoms. The number of phenols is 1. The smallest absolute Gasteiger partial charge is 0.160 e. The molecule has 0 radical (unpaired) electrons. The third kappa shape index (κ3) is 4.03. The van der Waals surface area contributed by atoms with E-state index in [0.29, 0.717) is 11.8 Å². The van der Waals surface area contributed by atoms with Crippen molar-refractivity contribution in [1.29, 1.82) is 0 Å². The average Bonchev–Trinajstić information content (AvgIpc) is 2.96. The molecule has 4 nitrogen and oxygen atoms in total. The van der Waals surface area contributed by atoms with Gasteiger partial charge in [0.05, 0.1) is 13.4 Å². The van der Waals surface area contributed by atoms with E-state index < -0.39 is 0 Å². The highest BCUT2D eigenvalue weighted by Crippen LogP contribution is 2.26. The van der Waals surface area contributed by atoms with Gasteiger partial charge in [0, 0.05) is 19.0 Å². The van der Waals surface area contributed by atoms with Gasteiger partial charge in [0.25, 0.3) is 0 Å². The highest BCUT2D eigenvalue weighted by Gasteiger charge is 2.06. The zero-order valence-electron chi connectivity index (χ0n) is 11.9. The summed E-state index contributed by atoms with van der Waals surface area (Å²) in [6.07, 6.45) is 3.64. The first-order valence-corrected chi connectivity index (χ1v) is 6.80. The molecule has 2 N–H and O–H groups in total. The van der Waals surface area contributed by atoms with Crippen LogP contribution in [0.5, 0.6) is 11.5 Å². The van der Waals surface area contributed by atoms with Gasteiger partial charge < -0.3 is 19.6 Å². The number of furan rings is 1. The topological polar surface area (TPSA) is 54.6 Å². The van der Waals surface area contributed by atoms with E-state index in [-0.39, 0.29) is 5.75 Å². The number of hydrogen-bond donors (Lipinski definition) is 2. The van der Waals surface area contributed by atoms with Crippen LogP contribution in [-0.4, -0.2) is 18.3 Å². The largest absolute Gasteiger partial charge is 0.504 e. The molecule has 0 spiro atoms. The maximum Gasteiger partial charge on any atom is 0.160 e. The van der Waals surface area contributed by atoms with Crippen molar-refractivity contribution in [3.63, 3.8) is 0 Å². The number of methoxy groups -OCH3 is 1. The van der Waals surface area contributed by atoms with Gasteiger partial charge in [-0.2, -0.15) is 0 Å². The summed E-state index contributed by atoms with van der Waals surface area (Å²) >= 11 is 0. The highest BCUT2D eigenvalue weighted by molar-refractivity contribution is 5.41. The molecule has 0 fully saturated rings. The van der Waals surface area contributed by atoms with Gasteiger partial charge in [0.1, 0.15) is 5.76 Å². The van der Waals surface area contributed by atoms with Gasteiger partial charge >= 0.3 is 0 Å². The van der Waals surface area contributed by atoms with Crippen LogP contribution in [0.1, 0.15) is 24.7 Å². The number of nitrogens with one attached hydrogen (secondary N) is 1. The minimum atomic E-state index is 0.176. The third-order valence-corrected chi connectivity index (χ3v) is 3.30. The standard InChI is InChI=1S/C16H21NO3/c1-12(5-7-14-4-3-9-20-14)17-11-13-6-8-16(19-2)15(18)10-13/h3-4,6,8-10,12,17-18H,5,7,11H2,1-2H3. The van der Waals surface area contributed by atoms with Crippen molar-refractivity contribution in [2.24, 2.45) is 0 Å². The number of hydrogen-bond acceptors (Lipinski definition) is 4. The molecule has 1 aromatic carbocycles. The summed E-state index contributed by atoms with van der Waals surface area (Å²) in [5.74, 6) is 1.69. The summed E-state index contributed by atoms with van der Waals surface area (Å²) in [5.41, 5.74) is 1.04. The van der Waals surface area contributed by atoms with Gasteiger partial charge in [0.15, 0.2) is 11.5 Å². The Labute approximate surface area is 119 Å². The predicted octanol–water partition coefficient (Wildman–Crippen LogP) is 3.10. The lowest BCUT2D eigenvalue weighted by atomic mass is 10.1. The molecule has 1 aromatic heterocycles. The van der Waals surface area contributed by atoms with Crippen LogP contribution in [-0.2, 0) is 13.0 Å². The highest BCUT2D eigenvalue weighted by atomic mass is 16.5. The number of rotatable bonds is 7. The molecule has 1 unspecified atom stereocenters. The minimum Gasteiger partial charge on any atom is -0.504 e. The van der Waals surface area contributed by atoms with Crippen molar-refractivity contribution in [3.8, 4) is 11.5 Å². The minimum absolute atomic E-state index is 0.176. The molecule has 0 aliphatic carbocycles. The van der Waals surface area contributed by atoms with E-state index in [2.05, 4.69) is 12.2 Å². The van der Waals surface area contributed by atoms with Gasteiger partial charge in [-0.3, -0.25) is 0 Å². The van der Waals surface area contributed by atoms with Crippen molar-refractivity contribution in [2.75, 3.05) is 7.11 Å². The van der Waals surface area contributed by atoms with Crippen molar-refractivity contribution in [2.45, 2.75) is 32.4 Å². The summed E-state index contributed by atoms with van der Waals surface area (Å²) < 4.78 is 10.3. The van der Waals surface area contributed by atoms with Crippen LogP contribution in [0.25, 0.3) is 0 Å². The monoisotopic (exact) mass is 275 g/mol. The maximum absolute atomic E-state index is 9.72. The summed E-state index contributed by atoms with van der Waals surface area (Å²) in [4.78, 5) is 0. The second kappa shape index (κ2) is 7.01. The maximum atomic E-state index is 9.72. The molecule has 2 rings (SSSR count). The Kier molecular flexibility index (Phi) is 5.07. The SMILES string of the molecule is COc1ccc(CNC(C)CCc2ccco2)cc1O. The molecule has 0 amide bonds. The quantitative estimate of drug-likeness (QED) is 0.815. The van der Waals surface area contributed by atoms with Gasteiger partial charge in [-0.05, 0) is 43.2 Å². The fourth-order valence-corrected chi connectivity index (χ4v) is 2.05. The molecule has 1 atom stereocenters. The summed E-state index contributed by atoms with van der Waals surface area (Å²) in [5, 5.41) is 13.2. The fraction of sp³-hybridized carbons (Fsp3) is 0.375. The Morgan fingerprint density at radius 1 is 1.35 bits per heavy atom. The number of benzene rings is 1. The van der Waals surface area contributed by atoms with Gasteiger partial charge in [-0.15, -0.1) is 0 Å². The van der Waals surface area contributed by atoms with E-state index in [1.807, 2.05) is 18.2 Å². The van der Waals surface area contributed by atoms with Crippen LogP contribution >= 0.6 is 0 Å². The molecule has 2 aromatic rings. The van der Waals surface area contributed by atoms with Crippen LogP contribution in [0.15, 0.2) is 41.0 Å². The lowest BCUT2D eigenvalue weighted by Crippen LogP contribution is -2.25. The summed E-state index contributed by atoms with van der Waals surface area (Å²) in [6.45, 7) is 2.86. The zero-order chi connectivity index (χ0) is 14.4. The van der Waals surface area contributed by atoms with Crippen molar-refractivity contribution >= 4 is 0 Å². The van der Waals surface area contributed by atoms with Gasteiger partial charge in [-0.1, -0.05) is 6.07 Å². The van der Waals surface area contributed by atoms with E-state index >= 15 is 0 Å². The fourth-order valence-electron chi connectivity index (χ4n) is 2.05. The Balaban J connectivity index is 1.78. The Hall–Kier alpha value is -1.94. The number of aryl methyl sites for hydroxylation is 1. The van der Waals surface area contributed by atoms with Gasteiger partial charge in [-0.25, -0.2) is 0 Å². The van der Waals surface area contributed by atoms with E-state index in [1.54, 1.807) is 25.5 Å². The van der Waals surface area contributed by atoms with Crippen molar-refractivity contribution in [1.82, 2.24) is 5.32 Å². The molecular weight excluding hydrogens is 254 g/mol. The molecule has 0 aliphatic heterocycles. The van der Waals surface area contributed by atoms with Crippen LogP contribution in [0.4, 0.5) is 0 Å². The van der Waals surface area contributed by atoms with E-state index in [9.17, 15) is 5.11 Å². The first-order valence-electron chi connectivity index (χ1n) is 6.80. The molecular formula is C16H21NO3. The second-order valence-electron chi connectivity index (χ2n) is 4.91. The summed E-state index contributed by atoms with van der Waals surface area (Å²) in [7, 11) is 1.55. The molecule has 0 saturated carbocycles. The second-order valence-corrected chi connectivity index (χ2v) is 4.91. The van der Waals surface area contributed by atoms with Crippen LogP contribution in [0.2, 0.25) is 0 Å². The number of phenolic OH excluding ortho intramolecular Hbond substituents is 1.